The number of ketones is 1. The smallest absolute Gasteiger partial charge is 0.234 e. The monoisotopic (exact) mass is 379 g/mol. The molecule has 2 aromatic carbocycles. The topological polar surface area (TPSA) is 72.0 Å². The number of hydrogen-bond donors (Lipinski definition) is 1. The number of nitrogens with zero attached hydrogens (tertiary/aromatic N) is 2. The summed E-state index contributed by atoms with van der Waals surface area (Å²) in [7, 11) is 0. The third-order valence-electron chi connectivity index (χ3n) is 4.00. The average Bonchev–Trinajstić information content (AvgIpc) is 2.67. The van der Waals surface area contributed by atoms with E-state index in [4.69, 9.17) is 0 Å². The predicted octanol–water partition coefficient (Wildman–Crippen LogP) is 4.52. The van der Waals surface area contributed by atoms with Crippen LogP contribution in [0.15, 0.2) is 53.6 Å². The number of amides is 1. The van der Waals surface area contributed by atoms with Crippen LogP contribution in [0.4, 0.5) is 5.69 Å². The second-order valence-electron chi connectivity index (χ2n) is 6.18. The molecule has 0 radical (unpaired) electrons. The molecule has 1 amide bonds. The normalized spacial score (nSPS) is 10.7. The van der Waals surface area contributed by atoms with Gasteiger partial charge in [0.25, 0.3) is 0 Å². The number of hydrogen-bond acceptors (Lipinski definition) is 5. The van der Waals surface area contributed by atoms with Crippen LogP contribution >= 0.6 is 11.8 Å². The molecule has 0 bridgehead atoms. The number of carbonyl (C=O) groups excluding carboxylic acids is 2. The van der Waals surface area contributed by atoms with Gasteiger partial charge >= 0.3 is 0 Å². The first-order valence-corrected chi connectivity index (χ1v) is 9.84. The minimum Gasteiger partial charge on any atom is -0.325 e. The zero-order valence-corrected chi connectivity index (χ0v) is 16.2. The van der Waals surface area contributed by atoms with Gasteiger partial charge in [0.2, 0.25) is 5.91 Å². The van der Waals surface area contributed by atoms with Crippen molar-refractivity contribution in [2.24, 2.45) is 0 Å². The fraction of sp³-hybridized carbons (Fsp3) is 0.238. The molecule has 3 rings (SSSR count). The molecule has 0 aliphatic rings. The van der Waals surface area contributed by atoms with Crippen molar-refractivity contribution in [1.29, 1.82) is 0 Å². The van der Waals surface area contributed by atoms with Crippen molar-refractivity contribution in [2.75, 3.05) is 11.1 Å². The van der Waals surface area contributed by atoms with E-state index in [1.54, 1.807) is 24.3 Å². The van der Waals surface area contributed by atoms with E-state index >= 15 is 0 Å². The number of carbonyl (C=O) groups is 2. The highest BCUT2D eigenvalue weighted by atomic mass is 32.2. The van der Waals surface area contributed by atoms with Gasteiger partial charge in [0.05, 0.1) is 11.3 Å². The number of benzene rings is 2. The molecule has 1 aromatic heterocycles. The Hall–Kier alpha value is -2.73. The van der Waals surface area contributed by atoms with Gasteiger partial charge in [0, 0.05) is 23.1 Å². The quantitative estimate of drug-likeness (QED) is 0.371. The molecule has 0 fully saturated rings. The van der Waals surface area contributed by atoms with Crippen molar-refractivity contribution in [2.45, 2.75) is 31.7 Å². The molecule has 1 heterocycles. The summed E-state index contributed by atoms with van der Waals surface area (Å²) in [5.74, 6) is 0.942. The lowest BCUT2D eigenvalue weighted by molar-refractivity contribution is -0.113. The first-order chi connectivity index (χ1) is 13.1. The van der Waals surface area contributed by atoms with Crippen LogP contribution in [0, 0.1) is 0 Å². The van der Waals surface area contributed by atoms with Crippen molar-refractivity contribution in [1.82, 2.24) is 9.97 Å². The molecule has 0 saturated heterocycles. The number of anilines is 1. The lowest BCUT2D eigenvalue weighted by Crippen LogP contribution is -2.14. The molecule has 0 aliphatic carbocycles. The summed E-state index contributed by atoms with van der Waals surface area (Å²) in [6, 6.07) is 14.7. The van der Waals surface area contributed by atoms with Gasteiger partial charge < -0.3 is 5.32 Å². The highest BCUT2D eigenvalue weighted by Gasteiger charge is 2.11. The summed E-state index contributed by atoms with van der Waals surface area (Å²) in [5.41, 5.74) is 2.20. The number of para-hydroxylation sites is 1. The van der Waals surface area contributed by atoms with Crippen LogP contribution in [0.2, 0.25) is 0 Å². The van der Waals surface area contributed by atoms with Crippen molar-refractivity contribution < 1.29 is 9.59 Å². The molecule has 0 saturated carbocycles. The summed E-state index contributed by atoms with van der Waals surface area (Å²) in [4.78, 5) is 32.9. The average molecular weight is 379 g/mol. The van der Waals surface area contributed by atoms with Crippen LogP contribution in [-0.4, -0.2) is 27.4 Å². The number of Topliss-reactive ketones (excluding diaryl/α,β-unsaturated/α-hetero) is 1. The van der Waals surface area contributed by atoms with Crippen LogP contribution in [0.5, 0.6) is 0 Å². The predicted molar refractivity (Wildman–Crippen MR) is 109 cm³/mol. The zero-order chi connectivity index (χ0) is 19.2. The summed E-state index contributed by atoms with van der Waals surface area (Å²) in [6.07, 6.45) is 1.78. The molecular formula is C21H21N3O2S. The van der Waals surface area contributed by atoms with Crippen LogP contribution in [0.25, 0.3) is 10.9 Å². The van der Waals surface area contributed by atoms with E-state index in [1.807, 2.05) is 24.3 Å². The number of rotatable bonds is 7. The molecule has 138 valence electrons. The number of thioether (sulfide) groups is 1. The number of aryl methyl sites for hydroxylation is 1. The summed E-state index contributed by atoms with van der Waals surface area (Å²) < 4.78 is 0. The van der Waals surface area contributed by atoms with Crippen molar-refractivity contribution in [3.63, 3.8) is 0 Å². The Balaban J connectivity index is 1.70. The SMILES string of the molecule is CCCc1nc(SCC(=O)Nc2ccc(C(C)=O)cc2)c2ccccc2n1. The molecule has 0 aliphatic heterocycles. The highest BCUT2D eigenvalue weighted by molar-refractivity contribution is 8.00. The second kappa shape index (κ2) is 8.77. The van der Waals surface area contributed by atoms with Crippen LogP contribution in [0.1, 0.15) is 36.5 Å². The maximum absolute atomic E-state index is 12.3. The van der Waals surface area contributed by atoms with Gasteiger partial charge in [-0.1, -0.05) is 36.9 Å². The summed E-state index contributed by atoms with van der Waals surface area (Å²) in [6.45, 7) is 3.61. The molecule has 1 N–H and O–H groups in total. The molecule has 27 heavy (non-hydrogen) atoms. The van der Waals surface area contributed by atoms with E-state index < -0.39 is 0 Å². The summed E-state index contributed by atoms with van der Waals surface area (Å²) in [5, 5.41) is 4.64. The number of nitrogens with one attached hydrogen (secondary N) is 1. The molecule has 0 unspecified atom stereocenters. The summed E-state index contributed by atoms with van der Waals surface area (Å²) >= 11 is 1.41. The molecule has 5 nitrogen and oxygen atoms in total. The largest absolute Gasteiger partial charge is 0.325 e. The first-order valence-electron chi connectivity index (χ1n) is 8.86. The van der Waals surface area contributed by atoms with E-state index in [9.17, 15) is 9.59 Å². The van der Waals surface area contributed by atoms with Gasteiger partial charge in [-0.2, -0.15) is 0 Å². The van der Waals surface area contributed by atoms with Gasteiger partial charge in [0.15, 0.2) is 5.78 Å². The van der Waals surface area contributed by atoms with Crippen LogP contribution in [0.3, 0.4) is 0 Å². The van der Waals surface area contributed by atoms with Gasteiger partial charge in [0.1, 0.15) is 10.9 Å². The van der Waals surface area contributed by atoms with Gasteiger partial charge in [-0.15, -0.1) is 0 Å². The van der Waals surface area contributed by atoms with E-state index in [-0.39, 0.29) is 17.4 Å². The maximum atomic E-state index is 12.3. The Morgan fingerprint density at radius 3 is 2.48 bits per heavy atom. The Labute approximate surface area is 162 Å². The van der Waals surface area contributed by atoms with Crippen LogP contribution < -0.4 is 5.32 Å². The third kappa shape index (κ3) is 4.92. The second-order valence-corrected chi connectivity index (χ2v) is 7.15. The molecule has 6 heteroatoms. The Kier molecular flexibility index (Phi) is 6.19. The third-order valence-corrected chi connectivity index (χ3v) is 4.99. The van der Waals surface area contributed by atoms with Crippen molar-refractivity contribution >= 4 is 40.0 Å². The van der Waals surface area contributed by atoms with Crippen LogP contribution in [-0.2, 0) is 11.2 Å². The van der Waals surface area contributed by atoms with Crippen molar-refractivity contribution in [3.8, 4) is 0 Å². The van der Waals surface area contributed by atoms with E-state index in [1.165, 1.54) is 18.7 Å². The van der Waals surface area contributed by atoms with Gasteiger partial charge in [-0.3, -0.25) is 9.59 Å². The Bertz CT molecular complexity index is 971. The Morgan fingerprint density at radius 1 is 1.04 bits per heavy atom. The van der Waals surface area contributed by atoms with E-state index in [0.29, 0.717) is 11.3 Å². The minimum atomic E-state index is -0.115. The fourth-order valence-electron chi connectivity index (χ4n) is 2.66. The lowest BCUT2D eigenvalue weighted by Gasteiger charge is -2.09. The zero-order valence-electron chi connectivity index (χ0n) is 15.4. The number of fused-ring (bicyclic) bond motifs is 1. The van der Waals surface area contributed by atoms with E-state index in [0.717, 1.165) is 34.6 Å². The highest BCUT2D eigenvalue weighted by Crippen LogP contribution is 2.25. The lowest BCUT2D eigenvalue weighted by atomic mass is 10.1. The minimum absolute atomic E-state index is 0.00181. The van der Waals surface area contributed by atoms with E-state index in [2.05, 4.69) is 22.2 Å². The standard InChI is InChI=1S/C21H21N3O2S/c1-3-6-19-23-18-8-5-4-7-17(18)21(24-19)27-13-20(26)22-16-11-9-15(10-12-16)14(2)25/h4-5,7-12H,3,6,13H2,1-2H3,(H,22,26). The molecule has 3 aromatic rings. The number of aromatic nitrogens is 2. The van der Waals surface area contributed by atoms with Gasteiger partial charge in [-0.25, -0.2) is 9.97 Å². The molecule has 0 atom stereocenters. The molecule has 0 spiro atoms. The van der Waals surface area contributed by atoms with Gasteiger partial charge in [-0.05, 0) is 43.7 Å². The van der Waals surface area contributed by atoms with Crippen molar-refractivity contribution in [3.05, 3.63) is 59.9 Å². The first kappa shape index (κ1) is 19.0. The Morgan fingerprint density at radius 2 is 1.78 bits per heavy atom. The fourth-order valence-corrected chi connectivity index (χ4v) is 3.50. The molecular weight excluding hydrogens is 358 g/mol. The maximum Gasteiger partial charge on any atom is 0.234 e.